The predicted octanol–water partition coefficient (Wildman–Crippen LogP) is 7.45. The number of methoxy groups -OCH3 is 1. The summed E-state index contributed by atoms with van der Waals surface area (Å²) in [6.45, 7) is 16.5. The predicted molar refractivity (Wildman–Crippen MR) is 159 cm³/mol. The third kappa shape index (κ3) is 5.54. The van der Waals surface area contributed by atoms with Gasteiger partial charge >= 0.3 is 0 Å². The minimum atomic E-state index is -0.319. The molecule has 6 heteroatoms. The molecule has 0 amide bonds. The molecule has 1 aliphatic heterocycles. The number of likely N-dealkylation sites (N-methyl/N-ethyl adjacent to an activating group) is 1. The molecule has 1 heterocycles. The molecule has 39 heavy (non-hydrogen) atoms. The van der Waals surface area contributed by atoms with Crippen LogP contribution in [0.1, 0.15) is 58.4 Å². The van der Waals surface area contributed by atoms with E-state index in [1.165, 1.54) is 44.6 Å². The van der Waals surface area contributed by atoms with Gasteiger partial charge in [-0.15, -0.1) is 5.10 Å². The number of fused-ring (bicyclic) bond motifs is 1. The molecule has 1 atom stereocenters. The van der Waals surface area contributed by atoms with Gasteiger partial charge < -0.3 is 14.7 Å². The van der Waals surface area contributed by atoms with E-state index in [0.29, 0.717) is 5.56 Å². The number of ether oxygens (including phenoxy) is 1. The SMILES string of the molecule is CCN1\C(=C/C=N/N=C(\O)c2ccccc2)C(C)(Cc2c(C)c(C)c(C)c(C)c2C)c2cc(OC)ccc21.[Co]. The Bertz CT molecular complexity index is 1410. The van der Waals surface area contributed by atoms with E-state index in [0.717, 1.165) is 24.4 Å². The summed E-state index contributed by atoms with van der Waals surface area (Å²) in [4.78, 5) is 2.35. The fourth-order valence-corrected chi connectivity index (χ4v) is 5.72. The van der Waals surface area contributed by atoms with Crippen molar-refractivity contribution >= 4 is 17.8 Å². The summed E-state index contributed by atoms with van der Waals surface area (Å²) in [6, 6.07) is 15.6. The van der Waals surface area contributed by atoms with E-state index in [1.54, 1.807) is 25.5 Å². The largest absolute Gasteiger partial charge is 0.497 e. The first-order valence-electron chi connectivity index (χ1n) is 13.2. The second-order valence-corrected chi connectivity index (χ2v) is 10.3. The maximum atomic E-state index is 10.3. The molecular weight excluding hydrogens is 529 g/mol. The van der Waals surface area contributed by atoms with Crippen LogP contribution in [0, 0.1) is 34.6 Å². The van der Waals surface area contributed by atoms with Crippen LogP contribution in [0.25, 0.3) is 0 Å². The molecule has 1 aliphatic rings. The van der Waals surface area contributed by atoms with E-state index in [9.17, 15) is 5.11 Å². The molecule has 0 aromatic heterocycles. The van der Waals surface area contributed by atoms with Gasteiger partial charge in [0.1, 0.15) is 5.75 Å². The molecule has 1 unspecified atom stereocenters. The molecular formula is C33H39CoN3O2. The number of aliphatic hydroxyl groups is 1. The van der Waals surface area contributed by atoms with E-state index in [2.05, 4.69) is 75.7 Å². The molecule has 0 fully saturated rings. The smallest absolute Gasteiger partial charge is 0.238 e. The number of benzene rings is 3. The van der Waals surface area contributed by atoms with Crippen molar-refractivity contribution in [3.05, 3.63) is 105 Å². The average molecular weight is 569 g/mol. The summed E-state index contributed by atoms with van der Waals surface area (Å²) in [5.41, 5.74) is 12.1. The van der Waals surface area contributed by atoms with E-state index >= 15 is 0 Å². The second kappa shape index (κ2) is 12.2. The zero-order valence-electron chi connectivity index (χ0n) is 24.2. The molecule has 0 saturated heterocycles. The Hall–Kier alpha value is -3.35. The molecule has 5 nitrogen and oxygen atoms in total. The van der Waals surface area contributed by atoms with Crippen LogP contribution in [0.4, 0.5) is 5.69 Å². The summed E-state index contributed by atoms with van der Waals surface area (Å²) in [5, 5.41) is 18.6. The van der Waals surface area contributed by atoms with Crippen molar-refractivity contribution in [3.63, 3.8) is 0 Å². The van der Waals surface area contributed by atoms with Crippen LogP contribution in [0.2, 0.25) is 0 Å². The van der Waals surface area contributed by atoms with Crippen LogP contribution in [-0.2, 0) is 28.6 Å². The molecule has 0 bridgehead atoms. The minimum Gasteiger partial charge on any atom is -0.497 e. The van der Waals surface area contributed by atoms with Crippen molar-refractivity contribution in [2.45, 2.75) is 60.3 Å². The molecule has 4 rings (SSSR count). The summed E-state index contributed by atoms with van der Waals surface area (Å²) >= 11 is 0. The van der Waals surface area contributed by atoms with Crippen molar-refractivity contribution in [1.29, 1.82) is 0 Å². The first-order valence-corrected chi connectivity index (χ1v) is 13.2. The Morgan fingerprint density at radius 1 is 0.949 bits per heavy atom. The number of aliphatic hydroxyl groups excluding tert-OH is 1. The second-order valence-electron chi connectivity index (χ2n) is 10.3. The van der Waals surface area contributed by atoms with Crippen molar-refractivity contribution < 1.29 is 26.6 Å². The van der Waals surface area contributed by atoms with Crippen molar-refractivity contribution in [2.24, 2.45) is 10.2 Å². The van der Waals surface area contributed by atoms with Crippen LogP contribution in [0.3, 0.4) is 0 Å². The van der Waals surface area contributed by atoms with Gasteiger partial charge in [-0.3, -0.25) is 0 Å². The number of allylic oxidation sites excluding steroid dienone is 2. The van der Waals surface area contributed by atoms with E-state index < -0.39 is 0 Å². The minimum absolute atomic E-state index is 0. The Morgan fingerprint density at radius 3 is 2.15 bits per heavy atom. The van der Waals surface area contributed by atoms with Crippen molar-refractivity contribution in [3.8, 4) is 5.75 Å². The Morgan fingerprint density at radius 2 is 1.56 bits per heavy atom. The van der Waals surface area contributed by atoms with Gasteiger partial charge in [0, 0.05) is 45.7 Å². The topological polar surface area (TPSA) is 57.4 Å². The number of hydrogen-bond donors (Lipinski definition) is 1. The van der Waals surface area contributed by atoms with E-state index in [1.807, 2.05) is 30.3 Å². The maximum absolute atomic E-state index is 10.3. The third-order valence-electron chi connectivity index (χ3n) is 8.43. The molecule has 3 aromatic rings. The average Bonchev–Trinajstić information content (AvgIpc) is 3.17. The molecule has 1 radical (unpaired) electrons. The number of anilines is 1. The molecule has 3 aromatic carbocycles. The third-order valence-corrected chi connectivity index (χ3v) is 8.43. The van der Waals surface area contributed by atoms with Crippen LogP contribution in [0.5, 0.6) is 5.75 Å². The van der Waals surface area contributed by atoms with Gasteiger partial charge in [-0.1, -0.05) is 18.2 Å². The van der Waals surface area contributed by atoms with Gasteiger partial charge in [-0.25, -0.2) is 0 Å². The molecule has 0 spiro atoms. The van der Waals surface area contributed by atoms with Crippen molar-refractivity contribution in [2.75, 3.05) is 18.6 Å². The van der Waals surface area contributed by atoms with Crippen LogP contribution in [0.15, 0.2) is 70.5 Å². The van der Waals surface area contributed by atoms with Crippen LogP contribution >= 0.6 is 0 Å². The van der Waals surface area contributed by atoms with Crippen molar-refractivity contribution in [1.82, 2.24) is 0 Å². The van der Waals surface area contributed by atoms with E-state index in [4.69, 9.17) is 4.74 Å². The molecule has 1 N–H and O–H groups in total. The molecule has 0 aliphatic carbocycles. The van der Waals surface area contributed by atoms with Gasteiger partial charge in [-0.05, 0) is 130 Å². The maximum Gasteiger partial charge on any atom is 0.238 e. The fourth-order valence-electron chi connectivity index (χ4n) is 5.72. The monoisotopic (exact) mass is 568 g/mol. The number of hydrogen-bond acceptors (Lipinski definition) is 4. The van der Waals surface area contributed by atoms with Crippen LogP contribution < -0.4 is 9.64 Å². The first-order chi connectivity index (χ1) is 18.1. The van der Waals surface area contributed by atoms with Gasteiger partial charge in [0.05, 0.1) is 13.3 Å². The molecule has 207 valence electrons. The number of nitrogens with zero attached hydrogens (tertiary/aromatic N) is 3. The number of rotatable bonds is 7. The Labute approximate surface area is 243 Å². The zero-order valence-corrected chi connectivity index (χ0v) is 25.3. The normalized spacial score (nSPS) is 18.0. The standard InChI is InChI=1S/C33H39N3O2.Co/c1-9-36-30-16-15-27(38-8)19-29(30)33(7,20-28-24(5)22(3)21(2)23(4)25(28)6)31(36)17-18-34-35-32(37)26-13-11-10-12-14-26;/h10-19H,9,20H2,1-8H3,(H,35,37);/b31-17-,34-18+;. The quantitative estimate of drug-likeness (QED) is 0.183. The van der Waals surface area contributed by atoms with Gasteiger partial charge in [0.2, 0.25) is 5.90 Å². The summed E-state index contributed by atoms with van der Waals surface area (Å²) in [5.74, 6) is 0.745. The zero-order chi connectivity index (χ0) is 27.6. The summed E-state index contributed by atoms with van der Waals surface area (Å²) < 4.78 is 5.65. The summed E-state index contributed by atoms with van der Waals surface area (Å²) in [6.07, 6.45) is 4.57. The Kier molecular flexibility index (Phi) is 9.46. The first kappa shape index (κ1) is 30.2. The van der Waals surface area contributed by atoms with Gasteiger partial charge in [0.25, 0.3) is 0 Å². The van der Waals surface area contributed by atoms with Gasteiger partial charge in [0.15, 0.2) is 0 Å². The van der Waals surface area contributed by atoms with Gasteiger partial charge in [-0.2, -0.15) is 5.10 Å². The van der Waals surface area contributed by atoms with E-state index in [-0.39, 0.29) is 28.1 Å². The van der Waals surface area contributed by atoms with Crippen LogP contribution in [-0.4, -0.2) is 30.9 Å². The summed E-state index contributed by atoms with van der Waals surface area (Å²) in [7, 11) is 1.72. The Balaban J connectivity index is 0.00000420. The molecule has 0 saturated carbocycles. The fraction of sp³-hybridized carbons (Fsp3) is 0.333.